The van der Waals surface area contributed by atoms with Crippen LogP contribution in [0.2, 0.25) is 0 Å². The van der Waals surface area contributed by atoms with Gasteiger partial charge in [0.25, 0.3) is 5.91 Å². The van der Waals surface area contributed by atoms with Crippen molar-refractivity contribution < 1.29 is 23.9 Å². The number of piperazine rings is 1. The zero-order chi connectivity index (χ0) is 27.6. The Morgan fingerprint density at radius 3 is 2.48 bits per heavy atom. The third kappa shape index (κ3) is 5.17. The molecule has 4 amide bonds. The van der Waals surface area contributed by atoms with Gasteiger partial charge >= 0.3 is 0 Å². The second-order valence-electron chi connectivity index (χ2n) is 10.2. The molecule has 0 spiro atoms. The number of ether oxygens (including phenoxy) is 1. The number of benzene rings is 2. The summed E-state index contributed by atoms with van der Waals surface area (Å²) in [5.74, 6) is 0.373. The van der Waals surface area contributed by atoms with Gasteiger partial charge in [-0.25, -0.2) is 4.98 Å². The number of pyridine rings is 1. The van der Waals surface area contributed by atoms with Crippen molar-refractivity contribution in [2.24, 2.45) is 0 Å². The summed E-state index contributed by atoms with van der Waals surface area (Å²) in [6, 6.07) is 18.3. The Kier molecular flexibility index (Phi) is 7.00. The fraction of sp³-hybridized carbons (Fsp3) is 0.300. The Bertz CT molecular complexity index is 1460. The Hall–Kier alpha value is -4.57. The maximum Gasteiger partial charge on any atom is 0.255 e. The van der Waals surface area contributed by atoms with E-state index in [1.165, 1.54) is 4.90 Å². The van der Waals surface area contributed by atoms with Crippen molar-refractivity contribution in [1.82, 2.24) is 20.1 Å². The maximum absolute atomic E-state index is 13.0. The average Bonchev–Trinajstić information content (AvgIpc) is 3.30. The Morgan fingerprint density at radius 1 is 0.900 bits per heavy atom. The molecule has 0 aliphatic carbocycles. The van der Waals surface area contributed by atoms with Crippen LogP contribution in [-0.4, -0.2) is 64.1 Å². The van der Waals surface area contributed by atoms with Crippen LogP contribution in [0.4, 0.5) is 5.82 Å². The van der Waals surface area contributed by atoms with Gasteiger partial charge in [0.2, 0.25) is 17.7 Å². The fourth-order valence-corrected chi connectivity index (χ4v) is 5.47. The van der Waals surface area contributed by atoms with Crippen LogP contribution in [0.15, 0.2) is 66.9 Å². The number of nitrogens with one attached hydrogen (secondary N) is 1. The van der Waals surface area contributed by atoms with Crippen molar-refractivity contribution in [3.63, 3.8) is 0 Å². The van der Waals surface area contributed by atoms with Gasteiger partial charge in [0.15, 0.2) is 0 Å². The molecular formula is C30H29N5O5. The Labute approximate surface area is 231 Å². The minimum absolute atomic E-state index is 0.0417. The lowest BCUT2D eigenvalue weighted by atomic mass is 10.0. The molecule has 40 heavy (non-hydrogen) atoms. The van der Waals surface area contributed by atoms with E-state index in [9.17, 15) is 19.2 Å². The summed E-state index contributed by atoms with van der Waals surface area (Å²) >= 11 is 0. The molecule has 1 unspecified atom stereocenters. The highest BCUT2D eigenvalue weighted by Crippen LogP contribution is 2.34. The fourth-order valence-electron chi connectivity index (χ4n) is 5.47. The third-order valence-electron chi connectivity index (χ3n) is 7.59. The van der Waals surface area contributed by atoms with E-state index < -0.39 is 11.9 Å². The molecule has 2 fully saturated rings. The van der Waals surface area contributed by atoms with Crippen molar-refractivity contribution in [3.05, 3.63) is 89.1 Å². The highest BCUT2D eigenvalue weighted by molar-refractivity contribution is 6.05. The van der Waals surface area contributed by atoms with E-state index in [0.717, 1.165) is 23.2 Å². The number of hydrogen-bond donors (Lipinski definition) is 1. The van der Waals surface area contributed by atoms with E-state index >= 15 is 0 Å². The minimum Gasteiger partial charge on any atom is -0.489 e. The van der Waals surface area contributed by atoms with Crippen molar-refractivity contribution in [1.29, 1.82) is 0 Å². The lowest BCUT2D eigenvalue weighted by molar-refractivity contribution is -0.137. The molecule has 2 aromatic carbocycles. The molecule has 204 valence electrons. The van der Waals surface area contributed by atoms with Gasteiger partial charge in [0, 0.05) is 43.4 Å². The van der Waals surface area contributed by atoms with Crippen LogP contribution in [0.1, 0.15) is 39.9 Å². The van der Waals surface area contributed by atoms with Gasteiger partial charge in [-0.3, -0.25) is 34.3 Å². The van der Waals surface area contributed by atoms with Gasteiger partial charge in [0.1, 0.15) is 24.2 Å². The lowest BCUT2D eigenvalue weighted by Gasteiger charge is -2.33. The molecule has 4 heterocycles. The van der Waals surface area contributed by atoms with Crippen molar-refractivity contribution in [3.8, 4) is 5.75 Å². The first-order valence-corrected chi connectivity index (χ1v) is 13.4. The molecule has 0 saturated carbocycles. The SMILES string of the molecule is O=C1CCC(N2Cc3c(OCc4ccc(CN5CCN(c6ccccn6)C(=O)C5)cc4)cccc3C2=O)C(=O)N1. The molecule has 6 rings (SSSR count). The molecule has 10 nitrogen and oxygen atoms in total. The zero-order valence-electron chi connectivity index (χ0n) is 21.9. The number of imide groups is 1. The van der Waals surface area contributed by atoms with Crippen LogP contribution >= 0.6 is 0 Å². The van der Waals surface area contributed by atoms with Crippen LogP contribution in [0.25, 0.3) is 0 Å². The van der Waals surface area contributed by atoms with Gasteiger partial charge in [-0.15, -0.1) is 0 Å². The van der Waals surface area contributed by atoms with Crippen molar-refractivity contribution in [2.75, 3.05) is 24.5 Å². The number of hydrogen-bond acceptors (Lipinski definition) is 7. The third-order valence-corrected chi connectivity index (χ3v) is 7.59. The van der Waals surface area contributed by atoms with E-state index in [2.05, 4.69) is 15.2 Å². The molecule has 1 aromatic heterocycles. The van der Waals surface area contributed by atoms with Crippen LogP contribution in [0.3, 0.4) is 0 Å². The lowest BCUT2D eigenvalue weighted by Crippen LogP contribution is -2.52. The molecule has 10 heteroatoms. The largest absolute Gasteiger partial charge is 0.489 e. The van der Waals surface area contributed by atoms with Gasteiger partial charge in [0.05, 0.1) is 13.1 Å². The second kappa shape index (κ2) is 10.9. The predicted octanol–water partition coefficient (Wildman–Crippen LogP) is 2.27. The first-order valence-electron chi connectivity index (χ1n) is 13.4. The van der Waals surface area contributed by atoms with E-state index in [4.69, 9.17) is 4.74 Å². The molecule has 0 bridgehead atoms. The number of rotatable bonds is 7. The molecule has 3 aliphatic heterocycles. The zero-order valence-corrected chi connectivity index (χ0v) is 21.9. The number of carbonyl (C=O) groups excluding carboxylic acids is 4. The number of amides is 4. The number of carbonyl (C=O) groups is 4. The van der Waals surface area contributed by atoms with E-state index in [1.54, 1.807) is 23.2 Å². The molecule has 1 N–H and O–H groups in total. The Morgan fingerprint density at radius 2 is 1.73 bits per heavy atom. The molecule has 3 aromatic rings. The molecule has 1 atom stereocenters. The number of aromatic nitrogens is 1. The van der Waals surface area contributed by atoms with E-state index in [-0.39, 0.29) is 30.7 Å². The summed E-state index contributed by atoms with van der Waals surface area (Å²) < 4.78 is 6.12. The van der Waals surface area contributed by atoms with Crippen LogP contribution < -0.4 is 15.0 Å². The molecule has 0 radical (unpaired) electrons. The van der Waals surface area contributed by atoms with Crippen LogP contribution in [0, 0.1) is 0 Å². The highest BCUT2D eigenvalue weighted by Gasteiger charge is 2.40. The normalized spacial score (nSPS) is 19.6. The quantitative estimate of drug-likeness (QED) is 0.459. The first kappa shape index (κ1) is 25.7. The van der Waals surface area contributed by atoms with Crippen molar-refractivity contribution >= 4 is 29.4 Å². The van der Waals surface area contributed by atoms with E-state index in [0.29, 0.717) is 49.8 Å². The molecule has 3 aliphatic rings. The second-order valence-corrected chi connectivity index (χ2v) is 10.2. The Balaban J connectivity index is 1.05. The van der Waals surface area contributed by atoms with Gasteiger partial charge in [-0.2, -0.15) is 0 Å². The topological polar surface area (TPSA) is 112 Å². The predicted molar refractivity (Wildman–Crippen MR) is 145 cm³/mol. The van der Waals surface area contributed by atoms with Gasteiger partial charge < -0.3 is 9.64 Å². The standard InChI is InChI=1S/C30H29N5O5/c36-27-12-11-24(29(38)32-27)35-17-23-22(30(35)39)4-3-5-25(23)40-19-21-9-7-20(8-10-21)16-33-14-15-34(28(37)18-33)26-6-1-2-13-31-26/h1-10,13,24H,11-12,14-19H2,(H,32,36,38). The van der Waals surface area contributed by atoms with Crippen LogP contribution in [0.5, 0.6) is 5.75 Å². The van der Waals surface area contributed by atoms with Gasteiger partial charge in [-0.1, -0.05) is 36.4 Å². The number of anilines is 1. The summed E-state index contributed by atoms with van der Waals surface area (Å²) in [5, 5.41) is 2.33. The molecular weight excluding hydrogens is 510 g/mol. The van der Waals surface area contributed by atoms with E-state index in [1.807, 2.05) is 48.5 Å². The monoisotopic (exact) mass is 539 g/mol. The van der Waals surface area contributed by atoms with Gasteiger partial charge in [-0.05, 0) is 41.8 Å². The van der Waals surface area contributed by atoms with Crippen LogP contribution in [-0.2, 0) is 34.1 Å². The summed E-state index contributed by atoms with van der Waals surface area (Å²) in [5.41, 5.74) is 3.36. The summed E-state index contributed by atoms with van der Waals surface area (Å²) in [6.45, 7) is 2.97. The number of fused-ring (bicyclic) bond motifs is 1. The first-order chi connectivity index (χ1) is 19.5. The number of nitrogens with zero attached hydrogens (tertiary/aromatic N) is 4. The highest BCUT2D eigenvalue weighted by atomic mass is 16.5. The summed E-state index contributed by atoms with van der Waals surface area (Å²) in [6.07, 6.45) is 2.23. The molecule has 2 saturated heterocycles. The summed E-state index contributed by atoms with van der Waals surface area (Å²) in [7, 11) is 0. The summed E-state index contributed by atoms with van der Waals surface area (Å²) in [4.78, 5) is 59.3. The minimum atomic E-state index is -0.661. The average molecular weight is 540 g/mol. The van der Waals surface area contributed by atoms with Crippen molar-refractivity contribution in [2.45, 2.75) is 38.6 Å². The number of piperidine rings is 1. The maximum atomic E-state index is 13.0. The smallest absolute Gasteiger partial charge is 0.255 e.